The second-order valence-electron chi connectivity index (χ2n) is 4.21. The largest absolute Gasteiger partial charge is 0.337 e. The van der Waals surface area contributed by atoms with Crippen LogP contribution in [0.1, 0.15) is 13.8 Å². The number of nitro benzene ring substituents is 1. The lowest BCUT2D eigenvalue weighted by molar-refractivity contribution is -0.384. The lowest BCUT2D eigenvalue weighted by Gasteiger charge is -2.18. The molecule has 0 fully saturated rings. The Morgan fingerprint density at radius 3 is 2.35 bits per heavy atom. The molecule has 0 spiro atoms. The average Bonchev–Trinajstić information content (AvgIpc) is 2.44. The number of urea groups is 1. The first-order chi connectivity index (χ1) is 9.56. The molecule has 0 saturated carbocycles. The summed E-state index contributed by atoms with van der Waals surface area (Å²) in [6.45, 7) is 7.38. The minimum Gasteiger partial charge on any atom is -0.337 e. The SMILES string of the molecule is CCN(CC)CCNC(=O)Nc1ccc([N+](=O)[O-])cc1. The van der Waals surface area contributed by atoms with Gasteiger partial charge in [0.25, 0.3) is 5.69 Å². The Morgan fingerprint density at radius 2 is 1.85 bits per heavy atom. The molecule has 0 aliphatic heterocycles. The van der Waals surface area contributed by atoms with Crippen LogP contribution in [0.2, 0.25) is 0 Å². The number of carbonyl (C=O) groups excluding carboxylic acids is 1. The Hall–Kier alpha value is -2.15. The Balaban J connectivity index is 2.37. The van der Waals surface area contributed by atoms with Crippen LogP contribution in [-0.4, -0.2) is 42.0 Å². The Morgan fingerprint density at radius 1 is 1.25 bits per heavy atom. The topological polar surface area (TPSA) is 87.5 Å². The number of likely N-dealkylation sites (N-methyl/N-ethyl adjacent to an activating group) is 1. The monoisotopic (exact) mass is 280 g/mol. The van der Waals surface area contributed by atoms with Gasteiger partial charge in [0.2, 0.25) is 0 Å². The van der Waals surface area contributed by atoms with Gasteiger partial charge in [-0.1, -0.05) is 13.8 Å². The van der Waals surface area contributed by atoms with Gasteiger partial charge in [-0.15, -0.1) is 0 Å². The van der Waals surface area contributed by atoms with E-state index in [1.807, 2.05) is 0 Å². The Labute approximate surface area is 118 Å². The zero-order valence-electron chi connectivity index (χ0n) is 11.8. The normalized spacial score (nSPS) is 10.3. The van der Waals surface area contributed by atoms with Crippen molar-refractivity contribution in [1.29, 1.82) is 0 Å². The van der Waals surface area contributed by atoms with Crippen LogP contribution < -0.4 is 10.6 Å². The number of anilines is 1. The molecular weight excluding hydrogens is 260 g/mol. The van der Waals surface area contributed by atoms with Crippen molar-refractivity contribution in [2.24, 2.45) is 0 Å². The van der Waals surface area contributed by atoms with E-state index in [2.05, 4.69) is 29.4 Å². The molecule has 0 heterocycles. The molecule has 0 saturated heterocycles. The van der Waals surface area contributed by atoms with E-state index in [-0.39, 0.29) is 11.7 Å². The highest BCUT2D eigenvalue weighted by molar-refractivity contribution is 5.89. The molecule has 2 N–H and O–H groups in total. The molecule has 0 aromatic heterocycles. The minimum absolute atomic E-state index is 0.00232. The molecule has 0 bridgehead atoms. The third kappa shape index (κ3) is 5.23. The molecule has 0 atom stereocenters. The molecule has 0 unspecified atom stereocenters. The first-order valence-corrected chi connectivity index (χ1v) is 6.58. The number of benzene rings is 1. The van der Waals surface area contributed by atoms with Gasteiger partial charge < -0.3 is 15.5 Å². The molecule has 0 aliphatic carbocycles. The van der Waals surface area contributed by atoms with Gasteiger partial charge in [-0.05, 0) is 25.2 Å². The van der Waals surface area contributed by atoms with E-state index in [9.17, 15) is 14.9 Å². The summed E-state index contributed by atoms with van der Waals surface area (Å²) in [5.74, 6) is 0. The van der Waals surface area contributed by atoms with Crippen LogP contribution in [-0.2, 0) is 0 Å². The fourth-order valence-corrected chi connectivity index (χ4v) is 1.71. The van der Waals surface area contributed by atoms with E-state index in [0.717, 1.165) is 19.6 Å². The molecule has 2 amide bonds. The number of amides is 2. The van der Waals surface area contributed by atoms with E-state index >= 15 is 0 Å². The maximum Gasteiger partial charge on any atom is 0.319 e. The van der Waals surface area contributed by atoms with Crippen LogP contribution in [0.4, 0.5) is 16.2 Å². The predicted molar refractivity (Wildman–Crippen MR) is 77.9 cm³/mol. The maximum absolute atomic E-state index is 11.6. The number of nitro groups is 1. The van der Waals surface area contributed by atoms with Crippen molar-refractivity contribution in [2.45, 2.75) is 13.8 Å². The van der Waals surface area contributed by atoms with Gasteiger partial charge in [0.1, 0.15) is 0 Å². The molecule has 7 nitrogen and oxygen atoms in total. The number of nitrogens with zero attached hydrogens (tertiary/aromatic N) is 2. The summed E-state index contributed by atoms with van der Waals surface area (Å²) in [5, 5.41) is 15.9. The number of carbonyl (C=O) groups is 1. The van der Waals surface area contributed by atoms with E-state index in [1.165, 1.54) is 24.3 Å². The smallest absolute Gasteiger partial charge is 0.319 e. The Bertz CT molecular complexity index is 443. The summed E-state index contributed by atoms with van der Waals surface area (Å²) in [6.07, 6.45) is 0. The van der Waals surface area contributed by atoms with E-state index < -0.39 is 4.92 Å². The van der Waals surface area contributed by atoms with Crippen molar-refractivity contribution >= 4 is 17.4 Å². The van der Waals surface area contributed by atoms with Crippen LogP contribution in [0.15, 0.2) is 24.3 Å². The molecule has 110 valence electrons. The number of non-ortho nitro benzene ring substituents is 1. The summed E-state index contributed by atoms with van der Waals surface area (Å²) in [7, 11) is 0. The first-order valence-electron chi connectivity index (χ1n) is 6.58. The summed E-state index contributed by atoms with van der Waals surface area (Å²) in [4.78, 5) is 23.8. The van der Waals surface area contributed by atoms with Crippen molar-refractivity contribution in [3.05, 3.63) is 34.4 Å². The summed E-state index contributed by atoms with van der Waals surface area (Å²) >= 11 is 0. The van der Waals surface area contributed by atoms with Gasteiger partial charge in [0, 0.05) is 30.9 Å². The van der Waals surface area contributed by atoms with Crippen LogP contribution in [0.3, 0.4) is 0 Å². The third-order valence-corrected chi connectivity index (χ3v) is 2.94. The number of hydrogen-bond acceptors (Lipinski definition) is 4. The highest BCUT2D eigenvalue weighted by Crippen LogP contribution is 2.14. The number of hydrogen-bond donors (Lipinski definition) is 2. The van der Waals surface area contributed by atoms with Crippen molar-refractivity contribution in [2.75, 3.05) is 31.5 Å². The highest BCUT2D eigenvalue weighted by atomic mass is 16.6. The van der Waals surface area contributed by atoms with E-state index in [0.29, 0.717) is 12.2 Å². The van der Waals surface area contributed by atoms with Crippen LogP contribution in [0, 0.1) is 10.1 Å². The fraction of sp³-hybridized carbons (Fsp3) is 0.462. The fourth-order valence-electron chi connectivity index (χ4n) is 1.71. The number of rotatable bonds is 7. The maximum atomic E-state index is 11.6. The van der Waals surface area contributed by atoms with Crippen LogP contribution >= 0.6 is 0 Å². The molecule has 0 radical (unpaired) electrons. The van der Waals surface area contributed by atoms with Gasteiger partial charge in [-0.3, -0.25) is 10.1 Å². The van der Waals surface area contributed by atoms with Crippen LogP contribution in [0.5, 0.6) is 0 Å². The van der Waals surface area contributed by atoms with Gasteiger partial charge >= 0.3 is 6.03 Å². The molecular formula is C13H20N4O3. The Kier molecular flexibility index (Phi) is 6.45. The second kappa shape index (κ2) is 8.11. The standard InChI is InChI=1S/C13H20N4O3/c1-3-16(4-2)10-9-14-13(18)15-11-5-7-12(8-6-11)17(19)20/h5-8H,3-4,9-10H2,1-2H3,(H2,14,15,18). The molecule has 1 aromatic carbocycles. The second-order valence-corrected chi connectivity index (χ2v) is 4.21. The lowest BCUT2D eigenvalue weighted by atomic mass is 10.3. The molecule has 1 rings (SSSR count). The van der Waals surface area contributed by atoms with E-state index in [4.69, 9.17) is 0 Å². The van der Waals surface area contributed by atoms with Crippen molar-refractivity contribution in [3.63, 3.8) is 0 Å². The summed E-state index contributed by atoms with van der Waals surface area (Å²) in [6, 6.07) is 5.40. The van der Waals surface area contributed by atoms with Gasteiger partial charge in [-0.25, -0.2) is 4.79 Å². The molecule has 20 heavy (non-hydrogen) atoms. The molecule has 1 aromatic rings. The van der Waals surface area contributed by atoms with Gasteiger partial charge in [-0.2, -0.15) is 0 Å². The minimum atomic E-state index is -0.478. The molecule has 7 heteroatoms. The average molecular weight is 280 g/mol. The summed E-state index contributed by atoms with van der Waals surface area (Å²) < 4.78 is 0. The zero-order chi connectivity index (χ0) is 15.0. The zero-order valence-corrected chi connectivity index (χ0v) is 11.8. The third-order valence-electron chi connectivity index (χ3n) is 2.94. The molecule has 0 aliphatic rings. The van der Waals surface area contributed by atoms with Crippen molar-refractivity contribution < 1.29 is 9.72 Å². The predicted octanol–water partition coefficient (Wildman–Crippen LogP) is 2.06. The van der Waals surface area contributed by atoms with E-state index in [1.54, 1.807) is 0 Å². The number of nitrogens with one attached hydrogen (secondary N) is 2. The summed E-state index contributed by atoms with van der Waals surface area (Å²) in [5.41, 5.74) is 0.522. The first kappa shape index (κ1) is 15.9. The van der Waals surface area contributed by atoms with Gasteiger partial charge in [0.15, 0.2) is 0 Å². The van der Waals surface area contributed by atoms with Crippen LogP contribution in [0.25, 0.3) is 0 Å². The highest BCUT2D eigenvalue weighted by Gasteiger charge is 2.06. The van der Waals surface area contributed by atoms with Crippen molar-refractivity contribution in [3.8, 4) is 0 Å². The quantitative estimate of drug-likeness (QED) is 0.591. The van der Waals surface area contributed by atoms with Crippen molar-refractivity contribution in [1.82, 2.24) is 10.2 Å². The lowest BCUT2D eigenvalue weighted by Crippen LogP contribution is -2.36. The van der Waals surface area contributed by atoms with Gasteiger partial charge in [0.05, 0.1) is 4.92 Å².